The molecule has 0 saturated heterocycles. The summed E-state index contributed by atoms with van der Waals surface area (Å²) in [5.74, 6) is 1.19. The van der Waals surface area contributed by atoms with Gasteiger partial charge in [-0.2, -0.15) is 5.26 Å². The lowest BCUT2D eigenvalue weighted by Gasteiger charge is -2.65. The number of fused-ring (bicyclic) bond motifs is 1. The molecule has 0 spiro atoms. The fourth-order valence-corrected chi connectivity index (χ4v) is 6.15. The molecule has 1 saturated carbocycles. The van der Waals surface area contributed by atoms with Gasteiger partial charge in [0, 0.05) is 35.0 Å². The Balaban J connectivity index is 1.59. The van der Waals surface area contributed by atoms with Crippen molar-refractivity contribution in [3.63, 3.8) is 0 Å². The number of benzene rings is 2. The number of nitriles is 1. The van der Waals surface area contributed by atoms with Crippen LogP contribution in [0.4, 0.5) is 0 Å². The maximum Gasteiger partial charge on any atom is 0.254 e. The van der Waals surface area contributed by atoms with Gasteiger partial charge in [-0.05, 0) is 35.2 Å². The number of halogens is 1. The molecule has 4 nitrogen and oxygen atoms in total. The van der Waals surface area contributed by atoms with Crippen LogP contribution in [0.1, 0.15) is 74.5 Å². The Morgan fingerprint density at radius 2 is 1.81 bits per heavy atom. The summed E-state index contributed by atoms with van der Waals surface area (Å²) in [6, 6.07) is 13.5. The zero-order valence-electron chi connectivity index (χ0n) is 19.0. The van der Waals surface area contributed by atoms with E-state index in [0.29, 0.717) is 28.8 Å². The van der Waals surface area contributed by atoms with Gasteiger partial charge in [0.25, 0.3) is 5.91 Å². The van der Waals surface area contributed by atoms with Gasteiger partial charge in [0.2, 0.25) is 0 Å². The molecule has 0 N–H and O–H groups in total. The van der Waals surface area contributed by atoms with Crippen molar-refractivity contribution in [2.45, 2.75) is 66.2 Å². The summed E-state index contributed by atoms with van der Waals surface area (Å²) >= 11 is 6.20. The molecule has 2 aliphatic rings. The second kappa shape index (κ2) is 7.28. The molecule has 1 fully saturated rings. The van der Waals surface area contributed by atoms with Crippen molar-refractivity contribution in [1.29, 1.82) is 5.26 Å². The van der Waals surface area contributed by atoms with Crippen molar-refractivity contribution in [2.24, 2.45) is 10.8 Å². The quantitative estimate of drug-likeness (QED) is 0.575. The summed E-state index contributed by atoms with van der Waals surface area (Å²) in [5.41, 5.74) is 3.13. The Hall–Kier alpha value is -2.51. The van der Waals surface area contributed by atoms with E-state index in [4.69, 9.17) is 21.6 Å². The fraction of sp³-hybridized carbons (Fsp3) is 0.462. The Morgan fingerprint density at radius 1 is 1.13 bits per heavy atom. The van der Waals surface area contributed by atoms with Crippen LogP contribution >= 0.6 is 11.6 Å². The van der Waals surface area contributed by atoms with Crippen LogP contribution in [-0.2, 0) is 6.54 Å². The first-order valence-electron chi connectivity index (χ1n) is 10.8. The van der Waals surface area contributed by atoms with E-state index in [2.05, 4.69) is 59.7 Å². The molecule has 2 aromatic carbocycles. The minimum Gasteiger partial charge on any atom is -0.489 e. The first-order chi connectivity index (χ1) is 14.5. The Bertz CT molecular complexity index is 1080. The van der Waals surface area contributed by atoms with Crippen LogP contribution < -0.4 is 4.74 Å². The third-order valence-electron chi connectivity index (χ3n) is 7.02. The second-order valence-electron chi connectivity index (χ2n) is 10.3. The first-order valence-corrected chi connectivity index (χ1v) is 11.2. The van der Waals surface area contributed by atoms with Gasteiger partial charge < -0.3 is 9.64 Å². The zero-order valence-corrected chi connectivity index (χ0v) is 19.7. The number of hydrogen-bond acceptors (Lipinski definition) is 3. The van der Waals surface area contributed by atoms with Crippen LogP contribution in [0.25, 0.3) is 0 Å². The van der Waals surface area contributed by atoms with Crippen LogP contribution in [0.5, 0.6) is 5.75 Å². The predicted octanol–water partition coefficient (Wildman–Crippen LogP) is 6.17. The molecule has 0 bridgehead atoms. The lowest BCUT2D eigenvalue weighted by atomic mass is 9.49. The normalized spacial score (nSPS) is 23.3. The van der Waals surface area contributed by atoms with E-state index in [1.807, 2.05) is 11.0 Å². The summed E-state index contributed by atoms with van der Waals surface area (Å²) in [5, 5.41) is 9.49. The number of hydrogen-bond donors (Lipinski definition) is 0. The first kappa shape index (κ1) is 21.7. The second-order valence-corrected chi connectivity index (χ2v) is 10.7. The number of carbonyl (C=O) groups excluding carboxylic acids is 1. The average Bonchev–Trinajstić information content (AvgIpc) is 3.00. The Kier molecular flexibility index (Phi) is 5.10. The number of rotatable bonds is 4. The van der Waals surface area contributed by atoms with E-state index in [1.54, 1.807) is 18.2 Å². The Labute approximate surface area is 189 Å². The maximum atomic E-state index is 13.3. The molecular formula is C26H29ClN2O2. The molecule has 1 aliphatic heterocycles. The van der Waals surface area contributed by atoms with Crippen molar-refractivity contribution >= 4 is 17.5 Å². The van der Waals surface area contributed by atoms with Crippen molar-refractivity contribution < 1.29 is 9.53 Å². The van der Waals surface area contributed by atoms with E-state index >= 15 is 0 Å². The molecule has 0 unspecified atom stereocenters. The van der Waals surface area contributed by atoms with Crippen molar-refractivity contribution in [2.75, 3.05) is 0 Å². The molecule has 1 amide bonds. The van der Waals surface area contributed by atoms with Gasteiger partial charge in [-0.3, -0.25) is 4.79 Å². The van der Waals surface area contributed by atoms with Gasteiger partial charge in [-0.1, -0.05) is 65.3 Å². The number of nitrogens with zero attached hydrogens (tertiary/aromatic N) is 2. The highest BCUT2D eigenvalue weighted by Gasteiger charge is 2.66. The van der Waals surface area contributed by atoms with E-state index < -0.39 is 0 Å². The van der Waals surface area contributed by atoms with E-state index in [-0.39, 0.29) is 28.9 Å². The van der Waals surface area contributed by atoms with E-state index in [0.717, 1.165) is 11.1 Å². The molecule has 4 rings (SSSR count). The highest BCUT2D eigenvalue weighted by atomic mass is 35.5. The number of ether oxygens (including phenoxy) is 1. The van der Waals surface area contributed by atoms with Gasteiger partial charge in [0.1, 0.15) is 17.9 Å². The molecule has 162 valence electrons. The smallest absolute Gasteiger partial charge is 0.254 e. The SMILES string of the molecule is CC(C)c1ccc2c(c1)CN(C1C(C)(C)C(Oc3ccc(C#N)c(Cl)c3)C1(C)C)C2=O. The van der Waals surface area contributed by atoms with Crippen LogP contribution in [0.2, 0.25) is 5.02 Å². The van der Waals surface area contributed by atoms with Gasteiger partial charge >= 0.3 is 0 Å². The largest absolute Gasteiger partial charge is 0.489 e. The minimum absolute atomic E-state index is 0.0428. The number of amides is 1. The lowest BCUT2D eigenvalue weighted by molar-refractivity contribution is -0.199. The van der Waals surface area contributed by atoms with Gasteiger partial charge in [0.05, 0.1) is 10.6 Å². The zero-order chi connectivity index (χ0) is 22.7. The maximum absolute atomic E-state index is 13.3. The molecular weight excluding hydrogens is 408 g/mol. The summed E-state index contributed by atoms with van der Waals surface area (Å²) in [6.45, 7) is 13.6. The lowest BCUT2D eigenvalue weighted by Crippen LogP contribution is -2.74. The highest BCUT2D eigenvalue weighted by molar-refractivity contribution is 6.31. The molecule has 0 atom stereocenters. The summed E-state index contributed by atoms with van der Waals surface area (Å²) in [6.07, 6.45) is -0.100. The third-order valence-corrected chi connectivity index (χ3v) is 7.33. The standard InChI is InChI=1S/C26H29ClN2O2/c1-15(2)16-8-10-20-18(11-16)14-29(22(20)30)23-25(3,4)24(26(23,5)6)31-19-9-7-17(13-28)21(27)12-19/h7-12,15,23-24H,14H2,1-6H3. The molecule has 31 heavy (non-hydrogen) atoms. The average molecular weight is 437 g/mol. The van der Waals surface area contributed by atoms with Gasteiger partial charge in [-0.25, -0.2) is 0 Å². The third kappa shape index (κ3) is 3.31. The monoisotopic (exact) mass is 436 g/mol. The summed E-state index contributed by atoms with van der Waals surface area (Å²) < 4.78 is 6.38. The van der Waals surface area contributed by atoms with Crippen molar-refractivity contribution in [3.8, 4) is 11.8 Å². The van der Waals surface area contributed by atoms with Gasteiger partial charge in [0.15, 0.2) is 0 Å². The summed E-state index contributed by atoms with van der Waals surface area (Å²) in [4.78, 5) is 15.3. The molecule has 0 aromatic heterocycles. The Morgan fingerprint density at radius 3 is 2.39 bits per heavy atom. The van der Waals surface area contributed by atoms with Crippen LogP contribution in [-0.4, -0.2) is 23.0 Å². The summed E-state index contributed by atoms with van der Waals surface area (Å²) in [7, 11) is 0. The number of carbonyl (C=O) groups is 1. The molecule has 1 aliphatic carbocycles. The predicted molar refractivity (Wildman–Crippen MR) is 122 cm³/mol. The van der Waals surface area contributed by atoms with Gasteiger partial charge in [-0.15, -0.1) is 0 Å². The van der Waals surface area contributed by atoms with Crippen molar-refractivity contribution in [1.82, 2.24) is 4.90 Å². The van der Waals surface area contributed by atoms with Crippen LogP contribution in [0.3, 0.4) is 0 Å². The molecule has 0 radical (unpaired) electrons. The highest BCUT2D eigenvalue weighted by Crippen LogP contribution is 2.59. The van der Waals surface area contributed by atoms with Crippen molar-refractivity contribution in [3.05, 3.63) is 63.7 Å². The topological polar surface area (TPSA) is 53.3 Å². The van der Waals surface area contributed by atoms with E-state index in [9.17, 15) is 4.79 Å². The molecule has 2 aromatic rings. The van der Waals surface area contributed by atoms with Crippen LogP contribution in [0, 0.1) is 22.2 Å². The fourth-order valence-electron chi connectivity index (χ4n) is 5.94. The minimum atomic E-state index is -0.248. The molecule has 5 heteroatoms. The van der Waals surface area contributed by atoms with Crippen LogP contribution in [0.15, 0.2) is 36.4 Å². The molecule has 1 heterocycles. The van der Waals surface area contributed by atoms with E-state index in [1.165, 1.54) is 5.56 Å².